The fraction of sp³-hybridized carbons (Fsp3) is 0.467. The van der Waals surface area contributed by atoms with E-state index in [1.165, 1.54) is 11.0 Å². The van der Waals surface area contributed by atoms with Crippen molar-refractivity contribution in [3.63, 3.8) is 0 Å². The van der Waals surface area contributed by atoms with E-state index in [2.05, 4.69) is 21.2 Å². The van der Waals surface area contributed by atoms with Crippen LogP contribution in [-0.4, -0.2) is 41.8 Å². The van der Waals surface area contributed by atoms with Crippen LogP contribution in [-0.2, 0) is 15.1 Å². The van der Waals surface area contributed by atoms with Gasteiger partial charge in [-0.3, -0.25) is 9.69 Å². The molecule has 1 N–H and O–H groups in total. The van der Waals surface area contributed by atoms with Crippen molar-refractivity contribution in [3.8, 4) is 5.75 Å². The number of thiocarbonyl (C=S) groups is 1. The Hall–Kier alpha value is -1.25. The van der Waals surface area contributed by atoms with E-state index in [1.807, 2.05) is 0 Å². The first-order chi connectivity index (χ1) is 10.9. The summed E-state index contributed by atoms with van der Waals surface area (Å²) in [5.74, 6) is -0.283. The highest BCUT2D eigenvalue weighted by molar-refractivity contribution is 9.10. The zero-order valence-corrected chi connectivity index (χ0v) is 14.7. The molecule has 3 atom stereocenters. The molecule has 1 aromatic carbocycles. The van der Waals surface area contributed by atoms with Gasteiger partial charge in [-0.15, -0.1) is 0 Å². The van der Waals surface area contributed by atoms with Crippen LogP contribution in [0.15, 0.2) is 16.6 Å². The van der Waals surface area contributed by atoms with Gasteiger partial charge in [0.05, 0.1) is 4.47 Å². The lowest BCUT2D eigenvalue weighted by Crippen LogP contribution is -2.63. The predicted molar refractivity (Wildman–Crippen MR) is 87.7 cm³/mol. The Morgan fingerprint density at radius 2 is 2.30 bits per heavy atom. The van der Waals surface area contributed by atoms with Crippen LogP contribution in [0.2, 0.25) is 0 Å². The van der Waals surface area contributed by atoms with Crippen LogP contribution in [0.25, 0.3) is 0 Å². The maximum atomic E-state index is 14.0. The molecule has 8 heteroatoms. The Labute approximate surface area is 146 Å². The van der Waals surface area contributed by atoms with Gasteiger partial charge in [0.15, 0.2) is 10.7 Å². The Morgan fingerprint density at radius 1 is 1.52 bits per heavy atom. The highest BCUT2D eigenvalue weighted by Gasteiger charge is 2.62. The normalized spacial score (nSPS) is 32.4. The highest BCUT2D eigenvalue weighted by Crippen LogP contribution is 2.47. The molecular weight excluding hydrogens is 387 g/mol. The monoisotopic (exact) mass is 400 g/mol. The number of nitrogens with zero attached hydrogens (tertiary/aromatic N) is 1. The summed E-state index contributed by atoms with van der Waals surface area (Å²) in [5.41, 5.74) is -0.619. The third kappa shape index (κ3) is 1.98. The molecule has 1 spiro atoms. The van der Waals surface area contributed by atoms with Crippen LogP contribution in [0.5, 0.6) is 5.75 Å². The summed E-state index contributed by atoms with van der Waals surface area (Å²) in [6, 6.07) is 2.88. The largest absolute Gasteiger partial charge is 0.487 e. The van der Waals surface area contributed by atoms with E-state index in [9.17, 15) is 9.18 Å². The van der Waals surface area contributed by atoms with E-state index < -0.39 is 17.5 Å². The minimum absolute atomic E-state index is 0.206. The van der Waals surface area contributed by atoms with Crippen molar-refractivity contribution in [1.29, 1.82) is 0 Å². The number of rotatable bonds is 0. The average molecular weight is 401 g/mol. The smallest absolute Gasteiger partial charge is 0.261 e. The number of amides is 1. The van der Waals surface area contributed by atoms with Crippen LogP contribution in [0.1, 0.15) is 18.4 Å². The summed E-state index contributed by atoms with van der Waals surface area (Å²) < 4.78 is 26.1. The Kier molecular flexibility index (Phi) is 3.40. The molecule has 4 rings (SSSR count). The first-order valence-electron chi connectivity index (χ1n) is 7.33. The van der Waals surface area contributed by atoms with E-state index in [4.69, 9.17) is 21.7 Å². The maximum Gasteiger partial charge on any atom is 0.261 e. The van der Waals surface area contributed by atoms with Gasteiger partial charge in [-0.1, -0.05) is 0 Å². The van der Waals surface area contributed by atoms with Gasteiger partial charge in [-0.2, -0.15) is 0 Å². The van der Waals surface area contributed by atoms with Gasteiger partial charge < -0.3 is 14.8 Å². The van der Waals surface area contributed by atoms with E-state index in [0.29, 0.717) is 23.0 Å². The van der Waals surface area contributed by atoms with Crippen LogP contribution in [0.3, 0.4) is 0 Å². The fourth-order valence-corrected chi connectivity index (χ4v) is 4.15. The van der Waals surface area contributed by atoms with E-state index in [1.54, 1.807) is 13.1 Å². The standard InChI is InChI=1S/C15H14BrFN2O3S/c1-19-13(20)15(18-14(19)23)7-5-8(16)9(17)6-11(7)22-10-3-2-4-21-12(10)15/h5-6,10,12H,2-4H2,1H3,(H,18,23)/t10-,12-,15-/m0/s1. The number of hydrogen-bond donors (Lipinski definition) is 1. The van der Waals surface area contributed by atoms with Gasteiger partial charge in [0.25, 0.3) is 5.91 Å². The lowest BCUT2D eigenvalue weighted by Gasteiger charge is -2.46. The second-order valence-electron chi connectivity index (χ2n) is 5.95. The summed E-state index contributed by atoms with van der Waals surface area (Å²) in [4.78, 5) is 14.4. The molecule has 0 aromatic heterocycles. The summed E-state index contributed by atoms with van der Waals surface area (Å²) in [5, 5.41) is 3.46. The molecule has 3 aliphatic heterocycles. The molecule has 0 aliphatic carbocycles. The minimum atomic E-state index is -1.17. The second-order valence-corrected chi connectivity index (χ2v) is 7.20. The molecule has 1 aromatic rings. The molecule has 2 fully saturated rings. The minimum Gasteiger partial charge on any atom is -0.487 e. The molecule has 23 heavy (non-hydrogen) atoms. The number of benzene rings is 1. The van der Waals surface area contributed by atoms with Crippen LogP contribution < -0.4 is 10.1 Å². The Morgan fingerprint density at radius 3 is 3.00 bits per heavy atom. The third-order valence-corrected chi connectivity index (χ3v) is 5.65. The van der Waals surface area contributed by atoms with Crippen molar-refractivity contribution in [2.75, 3.05) is 13.7 Å². The van der Waals surface area contributed by atoms with E-state index in [0.717, 1.165) is 12.8 Å². The van der Waals surface area contributed by atoms with Gasteiger partial charge in [0, 0.05) is 25.3 Å². The van der Waals surface area contributed by atoms with Crippen molar-refractivity contribution < 1.29 is 18.7 Å². The molecule has 3 heterocycles. The Bertz CT molecular complexity index is 731. The number of nitrogens with one attached hydrogen (secondary N) is 1. The molecule has 0 bridgehead atoms. The number of carbonyl (C=O) groups is 1. The van der Waals surface area contributed by atoms with Crippen molar-refractivity contribution in [2.24, 2.45) is 0 Å². The number of fused-ring (bicyclic) bond motifs is 4. The second kappa shape index (κ2) is 5.12. The maximum absolute atomic E-state index is 14.0. The number of hydrogen-bond acceptors (Lipinski definition) is 4. The van der Waals surface area contributed by atoms with Crippen LogP contribution in [0, 0.1) is 5.82 Å². The summed E-state index contributed by atoms with van der Waals surface area (Å²) in [6.45, 7) is 0.551. The molecule has 1 amide bonds. The molecular formula is C15H14BrFN2O3S. The van der Waals surface area contributed by atoms with Gasteiger partial charge >= 0.3 is 0 Å². The van der Waals surface area contributed by atoms with Crippen molar-refractivity contribution in [1.82, 2.24) is 10.2 Å². The van der Waals surface area contributed by atoms with Gasteiger partial charge in [-0.25, -0.2) is 4.39 Å². The molecule has 3 aliphatic rings. The summed E-state index contributed by atoms with van der Waals surface area (Å²) >= 11 is 8.45. The molecule has 5 nitrogen and oxygen atoms in total. The summed E-state index contributed by atoms with van der Waals surface area (Å²) in [7, 11) is 1.62. The lowest BCUT2D eigenvalue weighted by molar-refractivity contribution is -0.153. The van der Waals surface area contributed by atoms with Crippen LogP contribution in [0.4, 0.5) is 4.39 Å². The van der Waals surface area contributed by atoms with Crippen molar-refractivity contribution >= 4 is 39.2 Å². The highest BCUT2D eigenvalue weighted by atomic mass is 79.9. The zero-order valence-electron chi connectivity index (χ0n) is 12.3. The summed E-state index contributed by atoms with van der Waals surface area (Å²) in [6.07, 6.45) is 0.758. The SMILES string of the molecule is CN1C(=O)[C@]2(NC1=S)c1cc(Br)c(F)cc1O[C@H]1CCCO[C@@H]12. The molecule has 122 valence electrons. The molecule has 0 radical (unpaired) electrons. The number of likely N-dealkylation sites (N-methyl/N-ethyl adjacent to an activating group) is 1. The van der Waals surface area contributed by atoms with Crippen molar-refractivity contribution in [3.05, 3.63) is 28.0 Å². The quantitative estimate of drug-likeness (QED) is 0.675. The van der Waals surface area contributed by atoms with Gasteiger partial charge in [0.2, 0.25) is 0 Å². The van der Waals surface area contributed by atoms with E-state index >= 15 is 0 Å². The van der Waals surface area contributed by atoms with Crippen LogP contribution >= 0.6 is 28.1 Å². The zero-order chi connectivity index (χ0) is 16.4. The van der Waals surface area contributed by atoms with Gasteiger partial charge in [-0.05, 0) is 47.1 Å². The first kappa shape index (κ1) is 15.3. The fourth-order valence-electron chi connectivity index (χ4n) is 3.57. The molecule has 2 saturated heterocycles. The van der Waals surface area contributed by atoms with Gasteiger partial charge in [0.1, 0.15) is 23.8 Å². The predicted octanol–water partition coefficient (Wildman–Crippen LogP) is 2.07. The topological polar surface area (TPSA) is 50.8 Å². The third-order valence-electron chi connectivity index (χ3n) is 4.67. The van der Waals surface area contributed by atoms with Crippen molar-refractivity contribution in [2.45, 2.75) is 30.6 Å². The van der Waals surface area contributed by atoms with E-state index in [-0.39, 0.29) is 16.5 Å². The number of carbonyl (C=O) groups excluding carboxylic acids is 1. The molecule has 0 unspecified atom stereocenters. The number of halogens is 2. The number of ether oxygens (including phenoxy) is 2. The Balaban J connectivity index is 1.96. The molecule has 0 saturated carbocycles. The average Bonchev–Trinajstić information content (AvgIpc) is 2.75. The lowest BCUT2D eigenvalue weighted by atomic mass is 9.77. The first-order valence-corrected chi connectivity index (χ1v) is 8.53.